The molecule has 2 fully saturated rings. The Morgan fingerprint density at radius 1 is 1.06 bits per heavy atom. The maximum Gasteiger partial charge on any atom is 0.255 e. The molecule has 2 saturated heterocycles. The molecule has 3 aliphatic heterocycles. The van der Waals surface area contributed by atoms with Crippen LogP contribution >= 0.6 is 0 Å². The summed E-state index contributed by atoms with van der Waals surface area (Å²) in [7, 11) is 0. The van der Waals surface area contributed by atoms with Crippen molar-refractivity contribution in [1.29, 1.82) is 0 Å². The lowest BCUT2D eigenvalue weighted by atomic mass is 9.87. The average molecular weight is 478 g/mol. The summed E-state index contributed by atoms with van der Waals surface area (Å²) in [6.45, 7) is 3.36. The Hall–Kier alpha value is -3.55. The molecular formula is C27H28FN3O4. The van der Waals surface area contributed by atoms with Crippen LogP contribution in [-0.4, -0.2) is 52.6 Å². The van der Waals surface area contributed by atoms with Gasteiger partial charge >= 0.3 is 0 Å². The Balaban J connectivity index is 1.24. The first-order valence-electron chi connectivity index (χ1n) is 12.1. The van der Waals surface area contributed by atoms with E-state index in [2.05, 4.69) is 5.32 Å². The quantitative estimate of drug-likeness (QED) is 0.687. The van der Waals surface area contributed by atoms with E-state index < -0.39 is 17.8 Å². The second-order valence-corrected chi connectivity index (χ2v) is 9.75. The zero-order chi connectivity index (χ0) is 24.7. The van der Waals surface area contributed by atoms with Crippen molar-refractivity contribution >= 4 is 23.6 Å². The molecule has 1 N–H and O–H groups in total. The van der Waals surface area contributed by atoms with E-state index in [1.807, 2.05) is 36.1 Å². The molecule has 35 heavy (non-hydrogen) atoms. The van der Waals surface area contributed by atoms with Gasteiger partial charge in [0.05, 0.1) is 6.42 Å². The van der Waals surface area contributed by atoms with E-state index >= 15 is 4.39 Å². The summed E-state index contributed by atoms with van der Waals surface area (Å²) < 4.78 is 15.1. The van der Waals surface area contributed by atoms with Crippen LogP contribution in [0.2, 0.25) is 0 Å². The van der Waals surface area contributed by atoms with E-state index in [-0.39, 0.29) is 48.6 Å². The molecule has 2 aromatic carbocycles. The second kappa shape index (κ2) is 9.24. The third-order valence-corrected chi connectivity index (χ3v) is 7.40. The molecule has 1 unspecified atom stereocenters. The highest BCUT2D eigenvalue weighted by molar-refractivity contribution is 6.05. The van der Waals surface area contributed by atoms with Crippen molar-refractivity contribution in [3.63, 3.8) is 0 Å². The third-order valence-electron chi connectivity index (χ3n) is 7.40. The van der Waals surface area contributed by atoms with Gasteiger partial charge in [-0.2, -0.15) is 0 Å². The summed E-state index contributed by atoms with van der Waals surface area (Å²) in [6, 6.07) is 10.3. The molecule has 2 aromatic rings. The molecule has 0 spiro atoms. The van der Waals surface area contributed by atoms with E-state index in [4.69, 9.17) is 0 Å². The van der Waals surface area contributed by atoms with Crippen LogP contribution in [0, 0.1) is 12.7 Å². The van der Waals surface area contributed by atoms with Gasteiger partial charge in [-0.15, -0.1) is 0 Å². The normalized spacial score (nSPS) is 20.7. The smallest absolute Gasteiger partial charge is 0.255 e. The molecule has 0 saturated carbocycles. The monoisotopic (exact) mass is 477 g/mol. The van der Waals surface area contributed by atoms with Gasteiger partial charge in [-0.05, 0) is 54.9 Å². The lowest BCUT2D eigenvalue weighted by molar-refractivity contribution is -0.137. The fourth-order valence-electron chi connectivity index (χ4n) is 5.35. The van der Waals surface area contributed by atoms with E-state index in [0.29, 0.717) is 43.5 Å². The minimum absolute atomic E-state index is 0.0384. The molecule has 0 radical (unpaired) electrons. The number of rotatable bonds is 4. The van der Waals surface area contributed by atoms with Crippen molar-refractivity contribution < 1.29 is 23.6 Å². The number of halogens is 1. The predicted molar refractivity (Wildman–Crippen MR) is 126 cm³/mol. The highest BCUT2D eigenvalue weighted by atomic mass is 19.1. The van der Waals surface area contributed by atoms with Crippen LogP contribution in [0.25, 0.3) is 0 Å². The van der Waals surface area contributed by atoms with Crippen LogP contribution in [0.5, 0.6) is 0 Å². The van der Waals surface area contributed by atoms with Crippen LogP contribution < -0.4 is 5.32 Å². The minimum atomic E-state index is -0.720. The summed E-state index contributed by atoms with van der Waals surface area (Å²) in [5.74, 6) is -1.59. The number of piperidine rings is 2. The van der Waals surface area contributed by atoms with E-state index in [9.17, 15) is 19.2 Å². The topological polar surface area (TPSA) is 86.8 Å². The number of imide groups is 1. The number of hydrogen-bond acceptors (Lipinski definition) is 4. The molecular weight excluding hydrogens is 449 g/mol. The number of likely N-dealkylation sites (tertiary alicyclic amines) is 1. The van der Waals surface area contributed by atoms with E-state index in [1.165, 1.54) is 11.0 Å². The van der Waals surface area contributed by atoms with E-state index in [1.54, 1.807) is 6.07 Å². The van der Waals surface area contributed by atoms with Crippen LogP contribution in [0.15, 0.2) is 36.4 Å². The third kappa shape index (κ3) is 4.57. The number of nitrogens with one attached hydrogen (secondary N) is 1. The highest BCUT2D eigenvalue weighted by Gasteiger charge is 2.40. The number of carbonyl (C=O) groups is 4. The lowest BCUT2D eigenvalue weighted by Gasteiger charge is -2.32. The summed E-state index contributed by atoms with van der Waals surface area (Å²) in [5, 5.41) is 2.28. The zero-order valence-electron chi connectivity index (χ0n) is 19.7. The molecule has 4 amide bonds. The van der Waals surface area contributed by atoms with Gasteiger partial charge in [0, 0.05) is 31.6 Å². The molecule has 0 aliphatic carbocycles. The number of fused-ring (bicyclic) bond motifs is 1. The van der Waals surface area contributed by atoms with Gasteiger partial charge in [-0.1, -0.05) is 35.9 Å². The van der Waals surface area contributed by atoms with Crippen LogP contribution in [0.1, 0.15) is 64.2 Å². The average Bonchev–Trinajstić information content (AvgIpc) is 3.15. The molecule has 5 rings (SSSR count). The van der Waals surface area contributed by atoms with Crippen molar-refractivity contribution in [2.45, 2.75) is 57.5 Å². The Kier molecular flexibility index (Phi) is 6.13. The Morgan fingerprint density at radius 3 is 2.46 bits per heavy atom. The van der Waals surface area contributed by atoms with Crippen LogP contribution in [-0.2, 0) is 27.3 Å². The molecule has 3 heterocycles. The molecule has 3 aliphatic rings. The van der Waals surface area contributed by atoms with Gasteiger partial charge in [0.1, 0.15) is 11.9 Å². The van der Waals surface area contributed by atoms with Gasteiger partial charge in [0.2, 0.25) is 17.7 Å². The van der Waals surface area contributed by atoms with Crippen molar-refractivity contribution in [2.24, 2.45) is 0 Å². The van der Waals surface area contributed by atoms with Crippen LogP contribution in [0.4, 0.5) is 4.39 Å². The molecule has 1 atom stereocenters. The highest BCUT2D eigenvalue weighted by Crippen LogP contribution is 2.35. The maximum absolute atomic E-state index is 15.1. The standard InChI is InChI=1S/C27H28FN3O4/c1-16-2-4-17(5-3-16)12-25(33)30-10-8-18(9-11-30)20-13-19-15-31(27(35)21(19)14-22(20)28)23-6-7-24(32)29-26(23)34/h2-5,13-14,18,23H,6-12,15H2,1H3,(H,29,32,34). The van der Waals surface area contributed by atoms with Crippen molar-refractivity contribution in [3.8, 4) is 0 Å². The molecule has 7 nitrogen and oxygen atoms in total. The Morgan fingerprint density at radius 2 is 1.77 bits per heavy atom. The van der Waals surface area contributed by atoms with Gasteiger partial charge in [-0.3, -0.25) is 24.5 Å². The first kappa shape index (κ1) is 23.2. The number of nitrogens with zero attached hydrogens (tertiary/aromatic N) is 2. The molecule has 0 bridgehead atoms. The van der Waals surface area contributed by atoms with Gasteiger partial charge in [-0.25, -0.2) is 4.39 Å². The number of carbonyl (C=O) groups excluding carboxylic acids is 4. The van der Waals surface area contributed by atoms with E-state index in [0.717, 1.165) is 11.1 Å². The zero-order valence-corrected chi connectivity index (χ0v) is 19.7. The summed E-state index contributed by atoms with van der Waals surface area (Å²) in [4.78, 5) is 52.6. The molecule has 8 heteroatoms. The minimum Gasteiger partial charge on any atom is -0.342 e. The fraction of sp³-hybridized carbons (Fsp3) is 0.407. The van der Waals surface area contributed by atoms with Crippen LogP contribution in [0.3, 0.4) is 0 Å². The van der Waals surface area contributed by atoms with Gasteiger partial charge in [0.25, 0.3) is 5.91 Å². The lowest BCUT2D eigenvalue weighted by Crippen LogP contribution is -2.52. The number of hydrogen-bond donors (Lipinski definition) is 1. The first-order valence-corrected chi connectivity index (χ1v) is 12.1. The van der Waals surface area contributed by atoms with Gasteiger partial charge in [0.15, 0.2) is 0 Å². The Bertz CT molecular complexity index is 1200. The SMILES string of the molecule is Cc1ccc(CC(=O)N2CCC(c3cc4c(cc3F)C(=O)N(C3CCC(=O)NC3=O)C4)CC2)cc1. The largest absolute Gasteiger partial charge is 0.342 e. The first-order chi connectivity index (χ1) is 16.8. The second-order valence-electron chi connectivity index (χ2n) is 9.75. The number of benzene rings is 2. The summed E-state index contributed by atoms with van der Waals surface area (Å²) in [6.07, 6.45) is 2.11. The van der Waals surface area contributed by atoms with Crippen molar-refractivity contribution in [1.82, 2.24) is 15.1 Å². The molecule has 182 valence electrons. The molecule has 0 aromatic heterocycles. The fourth-order valence-corrected chi connectivity index (χ4v) is 5.35. The van der Waals surface area contributed by atoms with Crippen molar-refractivity contribution in [3.05, 3.63) is 70.0 Å². The van der Waals surface area contributed by atoms with Gasteiger partial charge < -0.3 is 9.80 Å². The predicted octanol–water partition coefficient (Wildman–Crippen LogP) is 2.84. The summed E-state index contributed by atoms with van der Waals surface area (Å²) >= 11 is 0. The number of amides is 4. The van der Waals surface area contributed by atoms with Crippen molar-refractivity contribution in [2.75, 3.05) is 13.1 Å². The summed E-state index contributed by atoms with van der Waals surface area (Å²) in [5.41, 5.74) is 3.68. The Labute approximate surface area is 203 Å². The number of aryl methyl sites for hydroxylation is 1. The maximum atomic E-state index is 15.1.